The average Bonchev–Trinajstić information content (AvgIpc) is 3.22. The zero-order valence-electron chi connectivity index (χ0n) is 18.6. The zero-order chi connectivity index (χ0) is 24.5. The van der Waals surface area contributed by atoms with Gasteiger partial charge in [-0.3, -0.25) is 15.0 Å². The van der Waals surface area contributed by atoms with Gasteiger partial charge in [0.05, 0.1) is 27.2 Å². The largest absolute Gasteiger partial charge is 0.481 e. The second-order valence-corrected chi connectivity index (χ2v) is 9.73. The van der Waals surface area contributed by atoms with Crippen LogP contribution >= 0.6 is 23.2 Å². The van der Waals surface area contributed by atoms with E-state index in [0.29, 0.717) is 22.6 Å². The molecule has 0 spiro atoms. The summed E-state index contributed by atoms with van der Waals surface area (Å²) in [6.45, 7) is 2.42. The van der Waals surface area contributed by atoms with E-state index in [-0.39, 0.29) is 49.1 Å². The summed E-state index contributed by atoms with van der Waals surface area (Å²) in [6.07, 6.45) is 1.40. The number of halogens is 3. The van der Waals surface area contributed by atoms with E-state index < -0.39 is 23.1 Å². The summed E-state index contributed by atoms with van der Waals surface area (Å²) in [6, 6.07) is 7.99. The van der Waals surface area contributed by atoms with Gasteiger partial charge in [-0.1, -0.05) is 29.3 Å². The predicted octanol–water partition coefficient (Wildman–Crippen LogP) is 3.70. The van der Waals surface area contributed by atoms with Gasteiger partial charge in [-0.2, -0.15) is 0 Å². The smallest absolute Gasteiger partial charge is 0.310 e. The number of rotatable bonds is 6. The molecule has 34 heavy (non-hydrogen) atoms. The Hall–Kier alpha value is -2.46. The lowest BCUT2D eigenvalue weighted by molar-refractivity contribution is -0.151. The molecule has 8 nitrogen and oxygen atoms in total. The van der Waals surface area contributed by atoms with Gasteiger partial charge in [-0.15, -0.1) is 0 Å². The molecule has 1 aromatic carbocycles. The molecule has 1 amide bonds. The molecule has 2 unspecified atom stereocenters. The molecule has 0 bridgehead atoms. The highest BCUT2D eigenvalue weighted by molar-refractivity contribution is 6.33. The summed E-state index contributed by atoms with van der Waals surface area (Å²) in [4.78, 5) is 31.2. The van der Waals surface area contributed by atoms with Gasteiger partial charge < -0.3 is 15.3 Å². The first-order chi connectivity index (χ1) is 16.2. The lowest BCUT2D eigenvalue weighted by Gasteiger charge is -2.39. The zero-order valence-corrected chi connectivity index (χ0v) is 20.1. The molecule has 2 aromatic rings. The number of carboxylic acid groups (broad SMARTS) is 1. The number of aliphatic carboxylic acids is 1. The van der Waals surface area contributed by atoms with Crippen LogP contribution in [0.3, 0.4) is 0 Å². The van der Waals surface area contributed by atoms with Crippen molar-refractivity contribution in [2.24, 2.45) is 5.41 Å². The van der Waals surface area contributed by atoms with Crippen molar-refractivity contribution >= 4 is 40.9 Å². The molecule has 4 rings (SSSR count). The highest BCUT2D eigenvalue weighted by Crippen LogP contribution is 2.37. The number of hydrazine groups is 1. The topological polar surface area (TPSA) is 107 Å². The number of likely N-dealkylation sites (tertiary alicyclic amines) is 1. The lowest BCUT2D eigenvalue weighted by atomic mass is 9.74. The second kappa shape index (κ2) is 10.0. The van der Waals surface area contributed by atoms with Crippen LogP contribution in [-0.2, 0) is 11.2 Å². The Bertz CT molecular complexity index is 1090. The van der Waals surface area contributed by atoms with Gasteiger partial charge in [0.1, 0.15) is 5.82 Å². The van der Waals surface area contributed by atoms with Crippen LogP contribution in [0.25, 0.3) is 0 Å². The molecule has 3 heterocycles. The van der Waals surface area contributed by atoms with E-state index in [2.05, 4.69) is 28.1 Å². The highest BCUT2D eigenvalue weighted by Gasteiger charge is 2.43. The molecule has 4 N–H and O–H groups in total. The van der Waals surface area contributed by atoms with Gasteiger partial charge in [0.25, 0.3) is 5.91 Å². The fraction of sp³-hybridized carbons (Fsp3) is 0.435. The Kier molecular flexibility index (Phi) is 7.28. The number of hydrogen-bond acceptors (Lipinski definition) is 6. The fourth-order valence-corrected chi connectivity index (χ4v) is 4.78. The number of piperidine rings is 1. The standard InChI is InChI=1S/C23H26Cl2FN5O3/c1-13-11-18(30-29-13)28-20-17(25)6-5-14(27-20)12-23(22(33)34)7-9-31(10-8-23)21(32)15-3-2-4-16(24)19(15)26/h2-6,13,18,29-30H,7-12H2,1H3,(H,27,28)(H,33,34). The molecule has 2 aliphatic heterocycles. The van der Waals surface area contributed by atoms with Gasteiger partial charge in [0, 0.05) is 31.2 Å². The van der Waals surface area contributed by atoms with Gasteiger partial charge in [-0.25, -0.2) is 14.8 Å². The maximum absolute atomic E-state index is 14.3. The normalized spacial score (nSPS) is 21.9. The van der Waals surface area contributed by atoms with Crippen LogP contribution in [-0.4, -0.2) is 52.2 Å². The molecule has 11 heteroatoms. The minimum absolute atomic E-state index is 0.0511. The van der Waals surface area contributed by atoms with Crippen LogP contribution in [0.4, 0.5) is 10.2 Å². The van der Waals surface area contributed by atoms with Crippen LogP contribution in [0.2, 0.25) is 10.0 Å². The number of carbonyl (C=O) groups is 2. The van der Waals surface area contributed by atoms with Crippen molar-refractivity contribution < 1.29 is 19.1 Å². The van der Waals surface area contributed by atoms with Crippen molar-refractivity contribution in [3.63, 3.8) is 0 Å². The van der Waals surface area contributed by atoms with Crippen LogP contribution in [0.1, 0.15) is 42.2 Å². The van der Waals surface area contributed by atoms with E-state index in [1.165, 1.54) is 23.1 Å². The summed E-state index contributed by atoms with van der Waals surface area (Å²) in [5.74, 6) is -1.73. The number of amides is 1. The molecule has 0 aliphatic carbocycles. The van der Waals surface area contributed by atoms with E-state index in [9.17, 15) is 19.1 Å². The molecule has 2 atom stereocenters. The van der Waals surface area contributed by atoms with Crippen molar-refractivity contribution in [2.45, 2.75) is 44.8 Å². The van der Waals surface area contributed by atoms with E-state index in [1.54, 1.807) is 12.1 Å². The Morgan fingerprint density at radius 2 is 1.94 bits per heavy atom. The van der Waals surface area contributed by atoms with Gasteiger partial charge >= 0.3 is 5.97 Å². The number of nitrogens with zero attached hydrogens (tertiary/aromatic N) is 2. The predicted molar refractivity (Wildman–Crippen MR) is 127 cm³/mol. The van der Waals surface area contributed by atoms with E-state index in [0.717, 1.165) is 6.42 Å². The number of carbonyl (C=O) groups excluding carboxylic acids is 1. The SMILES string of the molecule is CC1CC(Nc2nc(CC3(C(=O)O)CCN(C(=O)c4cccc(Cl)c4F)CC3)ccc2Cl)NN1. The van der Waals surface area contributed by atoms with E-state index >= 15 is 0 Å². The maximum atomic E-state index is 14.3. The number of hydrogen-bond donors (Lipinski definition) is 4. The highest BCUT2D eigenvalue weighted by atomic mass is 35.5. The van der Waals surface area contributed by atoms with Crippen LogP contribution in [0.5, 0.6) is 0 Å². The van der Waals surface area contributed by atoms with Gasteiger partial charge in [-0.05, 0) is 50.5 Å². The molecular formula is C23H26Cl2FN5O3. The number of pyridine rings is 1. The summed E-state index contributed by atoms with van der Waals surface area (Å²) in [7, 11) is 0. The van der Waals surface area contributed by atoms with Crippen molar-refractivity contribution in [3.05, 3.63) is 57.5 Å². The summed E-state index contributed by atoms with van der Waals surface area (Å²) in [5, 5.41) is 13.6. The number of aromatic nitrogens is 1. The van der Waals surface area contributed by atoms with Crippen LogP contribution in [0.15, 0.2) is 30.3 Å². The monoisotopic (exact) mass is 509 g/mol. The summed E-state index contributed by atoms with van der Waals surface area (Å²) < 4.78 is 14.3. The first-order valence-corrected chi connectivity index (χ1v) is 11.8. The molecule has 0 radical (unpaired) electrons. The Balaban J connectivity index is 1.47. The third-order valence-corrected chi connectivity index (χ3v) is 7.07. The van der Waals surface area contributed by atoms with Crippen molar-refractivity contribution in [2.75, 3.05) is 18.4 Å². The van der Waals surface area contributed by atoms with Crippen molar-refractivity contribution in [3.8, 4) is 0 Å². The Morgan fingerprint density at radius 3 is 2.59 bits per heavy atom. The van der Waals surface area contributed by atoms with Crippen LogP contribution in [0, 0.1) is 11.2 Å². The third kappa shape index (κ3) is 5.12. The van der Waals surface area contributed by atoms with Gasteiger partial charge in [0.15, 0.2) is 5.82 Å². The lowest BCUT2D eigenvalue weighted by Crippen LogP contribution is -2.47. The van der Waals surface area contributed by atoms with E-state index in [1.807, 2.05) is 0 Å². The minimum Gasteiger partial charge on any atom is -0.481 e. The van der Waals surface area contributed by atoms with Crippen LogP contribution < -0.4 is 16.2 Å². The number of carboxylic acids is 1. The Morgan fingerprint density at radius 1 is 1.21 bits per heavy atom. The molecule has 0 saturated carbocycles. The number of anilines is 1. The molecule has 1 aromatic heterocycles. The van der Waals surface area contributed by atoms with Crippen molar-refractivity contribution in [1.82, 2.24) is 20.7 Å². The first-order valence-electron chi connectivity index (χ1n) is 11.1. The number of nitrogens with one attached hydrogen (secondary N) is 3. The van der Waals surface area contributed by atoms with Gasteiger partial charge in [0.2, 0.25) is 0 Å². The second-order valence-electron chi connectivity index (χ2n) is 8.91. The Labute approximate surface area is 206 Å². The molecule has 2 saturated heterocycles. The summed E-state index contributed by atoms with van der Waals surface area (Å²) >= 11 is 12.1. The molecule has 2 fully saturated rings. The fourth-order valence-electron chi connectivity index (χ4n) is 4.45. The van der Waals surface area contributed by atoms with E-state index in [4.69, 9.17) is 23.2 Å². The average molecular weight is 510 g/mol. The molecular weight excluding hydrogens is 484 g/mol. The molecule has 2 aliphatic rings. The van der Waals surface area contributed by atoms with Crippen molar-refractivity contribution in [1.29, 1.82) is 0 Å². The quantitative estimate of drug-likeness (QED) is 0.470. The minimum atomic E-state index is -1.09. The molecule has 182 valence electrons. The number of benzene rings is 1. The third-order valence-electron chi connectivity index (χ3n) is 6.47. The summed E-state index contributed by atoms with van der Waals surface area (Å²) in [5.41, 5.74) is 5.62. The first kappa shape index (κ1) is 24.7. The maximum Gasteiger partial charge on any atom is 0.310 e.